The summed E-state index contributed by atoms with van der Waals surface area (Å²) in [5, 5.41) is 3.08. The third-order valence-corrected chi connectivity index (χ3v) is 5.97. The molecule has 0 spiro atoms. The van der Waals surface area contributed by atoms with E-state index in [9.17, 15) is 18.0 Å². The average molecular weight is 418 g/mol. The Morgan fingerprint density at radius 3 is 2.70 bits per heavy atom. The van der Waals surface area contributed by atoms with Gasteiger partial charge in [-0.05, 0) is 43.5 Å². The van der Waals surface area contributed by atoms with Gasteiger partial charge in [-0.1, -0.05) is 26.0 Å². The van der Waals surface area contributed by atoms with Crippen LogP contribution in [0.25, 0.3) is 11.3 Å². The molecule has 160 valence electrons. The molecular formula is C22H25F3N4O. The van der Waals surface area contributed by atoms with Crippen LogP contribution in [0.5, 0.6) is 0 Å². The predicted octanol–water partition coefficient (Wildman–Crippen LogP) is 5.06. The van der Waals surface area contributed by atoms with E-state index >= 15 is 0 Å². The number of nitrogens with zero attached hydrogens (tertiary/aromatic N) is 3. The van der Waals surface area contributed by atoms with Gasteiger partial charge in [-0.2, -0.15) is 13.2 Å². The number of hydrogen-bond acceptors (Lipinski definition) is 3. The number of amides is 2. The fraction of sp³-hybridized carbons (Fsp3) is 0.455. The Labute approximate surface area is 173 Å². The molecule has 2 amide bonds. The lowest BCUT2D eigenvalue weighted by atomic mass is 10.1. The molecule has 4 rings (SSSR count). The molecule has 30 heavy (non-hydrogen) atoms. The third-order valence-electron chi connectivity index (χ3n) is 5.97. The molecule has 0 radical (unpaired) electrons. The van der Waals surface area contributed by atoms with Crippen molar-refractivity contribution in [1.82, 2.24) is 10.3 Å². The first-order valence-electron chi connectivity index (χ1n) is 10.3. The van der Waals surface area contributed by atoms with Crippen molar-refractivity contribution < 1.29 is 18.0 Å². The second-order valence-corrected chi connectivity index (χ2v) is 7.84. The van der Waals surface area contributed by atoms with Crippen LogP contribution in [0.15, 0.2) is 36.4 Å². The van der Waals surface area contributed by atoms with Gasteiger partial charge < -0.3 is 10.2 Å². The van der Waals surface area contributed by atoms with Crippen LogP contribution in [0, 0.1) is 0 Å². The summed E-state index contributed by atoms with van der Waals surface area (Å²) < 4.78 is 39.4. The van der Waals surface area contributed by atoms with Crippen LogP contribution in [0.4, 0.5) is 29.5 Å². The van der Waals surface area contributed by atoms with Crippen molar-refractivity contribution >= 4 is 17.5 Å². The van der Waals surface area contributed by atoms with E-state index in [0.717, 1.165) is 50.2 Å². The van der Waals surface area contributed by atoms with E-state index in [1.165, 1.54) is 6.07 Å². The molecule has 2 bridgehead atoms. The largest absolute Gasteiger partial charge is 0.416 e. The topological polar surface area (TPSA) is 48.5 Å². The smallest absolute Gasteiger partial charge is 0.366 e. The molecule has 0 aliphatic carbocycles. The van der Waals surface area contributed by atoms with E-state index in [4.69, 9.17) is 0 Å². The molecule has 1 aromatic carbocycles. The first-order valence-corrected chi connectivity index (χ1v) is 10.3. The Balaban J connectivity index is 1.73. The number of anilines is 2. The lowest BCUT2D eigenvalue weighted by Gasteiger charge is -2.36. The minimum absolute atomic E-state index is 0.0103. The molecule has 2 aliphatic rings. The summed E-state index contributed by atoms with van der Waals surface area (Å²) in [6.07, 6.45) is -1.92. The number of halogens is 3. The first-order chi connectivity index (χ1) is 14.3. The number of hydrogen-bond donors (Lipinski definition) is 1. The Hall–Kier alpha value is -2.77. The van der Waals surface area contributed by atoms with Gasteiger partial charge in [0.15, 0.2) is 5.82 Å². The second-order valence-electron chi connectivity index (χ2n) is 7.84. The fourth-order valence-corrected chi connectivity index (χ4v) is 4.22. The van der Waals surface area contributed by atoms with Gasteiger partial charge in [-0.15, -0.1) is 0 Å². The summed E-state index contributed by atoms with van der Waals surface area (Å²) >= 11 is 0. The van der Waals surface area contributed by atoms with Crippen LogP contribution in [0.3, 0.4) is 0 Å². The van der Waals surface area contributed by atoms with E-state index in [-0.39, 0.29) is 18.1 Å². The number of pyridine rings is 1. The molecule has 0 saturated carbocycles. The molecule has 0 unspecified atom stereocenters. The summed E-state index contributed by atoms with van der Waals surface area (Å²) in [7, 11) is 0. The van der Waals surface area contributed by atoms with Crippen molar-refractivity contribution in [3.05, 3.63) is 42.0 Å². The van der Waals surface area contributed by atoms with Crippen molar-refractivity contribution in [2.24, 2.45) is 0 Å². The molecule has 1 N–H and O–H groups in total. The molecule has 8 heteroatoms. The molecule has 5 nitrogen and oxygen atoms in total. The minimum atomic E-state index is -4.42. The maximum atomic E-state index is 13.1. The highest BCUT2D eigenvalue weighted by molar-refractivity contribution is 5.97. The van der Waals surface area contributed by atoms with Crippen molar-refractivity contribution in [1.29, 1.82) is 0 Å². The molecular weight excluding hydrogens is 393 g/mol. The van der Waals surface area contributed by atoms with E-state index < -0.39 is 11.7 Å². The minimum Gasteiger partial charge on any atom is -0.366 e. The lowest BCUT2D eigenvalue weighted by Crippen LogP contribution is -2.52. The molecule has 1 fully saturated rings. The van der Waals surface area contributed by atoms with Gasteiger partial charge in [-0.3, -0.25) is 4.90 Å². The van der Waals surface area contributed by atoms with Crippen LogP contribution in [-0.4, -0.2) is 36.2 Å². The number of rotatable bonds is 4. The van der Waals surface area contributed by atoms with Gasteiger partial charge in [0.1, 0.15) is 0 Å². The van der Waals surface area contributed by atoms with Gasteiger partial charge in [0.2, 0.25) is 0 Å². The summed E-state index contributed by atoms with van der Waals surface area (Å²) in [6.45, 7) is 5.63. The highest BCUT2D eigenvalue weighted by Gasteiger charge is 2.40. The van der Waals surface area contributed by atoms with Gasteiger partial charge in [-0.25, -0.2) is 9.78 Å². The maximum Gasteiger partial charge on any atom is 0.416 e. The van der Waals surface area contributed by atoms with Crippen molar-refractivity contribution in [3.63, 3.8) is 0 Å². The number of carbonyl (C=O) groups is 1. The number of aromatic nitrogens is 1. The fourth-order valence-electron chi connectivity index (χ4n) is 4.22. The molecule has 1 atom stereocenters. The van der Waals surface area contributed by atoms with Crippen molar-refractivity contribution in [2.75, 3.05) is 22.9 Å². The van der Waals surface area contributed by atoms with Gasteiger partial charge in [0.05, 0.1) is 23.0 Å². The van der Waals surface area contributed by atoms with Crippen molar-refractivity contribution in [3.8, 4) is 11.3 Å². The zero-order chi connectivity index (χ0) is 21.5. The Kier molecular flexibility index (Phi) is 5.34. The average Bonchev–Trinajstić information content (AvgIpc) is 3.15. The third kappa shape index (κ3) is 3.70. The molecule has 2 aliphatic heterocycles. The number of alkyl halides is 3. The monoisotopic (exact) mass is 418 g/mol. The van der Waals surface area contributed by atoms with E-state index in [0.29, 0.717) is 17.1 Å². The standard InChI is InChI=1S/C22H25F3N4O/c1-3-16(4-2)26-21(30)29-17-10-11-28(13-17)19-9-8-18(27-20(19)29)14-6-5-7-15(12-14)22(23,24)25/h5-9,12,16-17H,3-4,10-11,13H2,1-2H3,(H,26,30)/t17-/m0/s1. The first kappa shape index (κ1) is 20.5. The van der Waals surface area contributed by atoms with E-state index in [1.54, 1.807) is 17.0 Å². The van der Waals surface area contributed by atoms with E-state index in [2.05, 4.69) is 15.2 Å². The highest BCUT2D eigenvalue weighted by atomic mass is 19.4. The summed E-state index contributed by atoms with van der Waals surface area (Å²) in [6, 6.07) is 8.61. The molecule has 2 aromatic rings. The molecule has 1 aromatic heterocycles. The quantitative estimate of drug-likeness (QED) is 0.755. The van der Waals surface area contributed by atoms with Crippen LogP contribution in [0.2, 0.25) is 0 Å². The van der Waals surface area contributed by atoms with Crippen LogP contribution in [0.1, 0.15) is 38.7 Å². The summed E-state index contributed by atoms with van der Waals surface area (Å²) in [5.74, 6) is 0.516. The highest BCUT2D eigenvalue weighted by Crippen LogP contribution is 2.40. The van der Waals surface area contributed by atoms with Gasteiger partial charge in [0, 0.05) is 24.7 Å². The number of urea groups is 1. The van der Waals surface area contributed by atoms with Crippen LogP contribution >= 0.6 is 0 Å². The van der Waals surface area contributed by atoms with Crippen LogP contribution < -0.4 is 15.1 Å². The number of benzene rings is 1. The zero-order valence-electron chi connectivity index (χ0n) is 17.0. The van der Waals surface area contributed by atoms with Crippen LogP contribution in [-0.2, 0) is 6.18 Å². The van der Waals surface area contributed by atoms with E-state index in [1.807, 2.05) is 19.9 Å². The second kappa shape index (κ2) is 7.81. The Morgan fingerprint density at radius 1 is 1.23 bits per heavy atom. The lowest BCUT2D eigenvalue weighted by molar-refractivity contribution is -0.137. The molecule has 1 saturated heterocycles. The van der Waals surface area contributed by atoms with Gasteiger partial charge in [0.25, 0.3) is 0 Å². The summed E-state index contributed by atoms with van der Waals surface area (Å²) in [5.41, 5.74) is 0.925. The number of nitrogens with one attached hydrogen (secondary N) is 1. The SMILES string of the molecule is CCC(CC)NC(=O)N1c2nc(-c3cccc(C(F)(F)F)c3)ccc2N2CC[C@H]1C2. The van der Waals surface area contributed by atoms with Crippen molar-refractivity contribution in [2.45, 2.75) is 51.4 Å². The Bertz CT molecular complexity index is 942. The normalized spacial score (nSPS) is 18.0. The maximum absolute atomic E-state index is 13.1. The predicted molar refractivity (Wildman–Crippen MR) is 111 cm³/mol. The zero-order valence-corrected chi connectivity index (χ0v) is 17.0. The Morgan fingerprint density at radius 2 is 2.00 bits per heavy atom. The number of fused-ring (bicyclic) bond motifs is 4. The van der Waals surface area contributed by atoms with Gasteiger partial charge >= 0.3 is 12.2 Å². The number of carbonyl (C=O) groups excluding carboxylic acids is 1. The summed E-state index contributed by atoms with van der Waals surface area (Å²) in [4.78, 5) is 21.7. The molecule has 3 heterocycles.